The first-order chi connectivity index (χ1) is 14.5. The number of amides is 1. The van der Waals surface area contributed by atoms with Crippen molar-refractivity contribution in [2.24, 2.45) is 5.92 Å². The Kier molecular flexibility index (Phi) is 5.65. The topological polar surface area (TPSA) is 71.0 Å². The van der Waals surface area contributed by atoms with Gasteiger partial charge in [0.15, 0.2) is 11.5 Å². The van der Waals surface area contributed by atoms with E-state index in [1.807, 2.05) is 36.0 Å². The number of anilines is 2. The van der Waals surface area contributed by atoms with Gasteiger partial charge in [-0.2, -0.15) is 4.98 Å². The van der Waals surface area contributed by atoms with E-state index < -0.39 is 0 Å². The molecule has 1 aromatic heterocycles. The second kappa shape index (κ2) is 8.38. The first-order valence-corrected chi connectivity index (χ1v) is 10.3. The summed E-state index contributed by atoms with van der Waals surface area (Å²) in [6, 6.07) is 7.47. The van der Waals surface area contributed by atoms with Crippen LogP contribution in [0.15, 0.2) is 30.5 Å². The molecule has 0 saturated carbocycles. The van der Waals surface area contributed by atoms with Gasteiger partial charge in [-0.05, 0) is 37.0 Å². The Balaban J connectivity index is 1.57. The highest BCUT2D eigenvalue weighted by Crippen LogP contribution is 2.37. The second-order valence-corrected chi connectivity index (χ2v) is 8.00. The van der Waals surface area contributed by atoms with Crippen molar-refractivity contribution in [3.05, 3.63) is 36.0 Å². The van der Waals surface area contributed by atoms with Crippen LogP contribution in [-0.2, 0) is 0 Å². The van der Waals surface area contributed by atoms with Gasteiger partial charge in [0.05, 0.1) is 25.8 Å². The molecular formula is C22H29N5O3. The largest absolute Gasteiger partial charge is 0.493 e. The van der Waals surface area contributed by atoms with Crippen LogP contribution in [0, 0.1) is 5.92 Å². The quantitative estimate of drug-likeness (QED) is 0.748. The van der Waals surface area contributed by atoms with Crippen molar-refractivity contribution in [3.8, 4) is 11.5 Å². The van der Waals surface area contributed by atoms with Crippen molar-refractivity contribution in [1.82, 2.24) is 14.9 Å². The molecule has 0 bridgehead atoms. The summed E-state index contributed by atoms with van der Waals surface area (Å²) in [5.41, 5.74) is 0.542. The molecule has 0 spiro atoms. The summed E-state index contributed by atoms with van der Waals surface area (Å²) in [4.78, 5) is 28.8. The van der Waals surface area contributed by atoms with Crippen LogP contribution >= 0.6 is 0 Å². The molecule has 2 atom stereocenters. The number of benzene rings is 1. The summed E-state index contributed by atoms with van der Waals surface area (Å²) >= 11 is 0. The van der Waals surface area contributed by atoms with E-state index in [0.29, 0.717) is 23.0 Å². The Hall–Kier alpha value is -3.03. The van der Waals surface area contributed by atoms with Crippen molar-refractivity contribution < 1.29 is 14.3 Å². The van der Waals surface area contributed by atoms with Gasteiger partial charge in [0, 0.05) is 39.9 Å². The van der Waals surface area contributed by atoms with Gasteiger partial charge in [0.25, 0.3) is 5.91 Å². The highest BCUT2D eigenvalue weighted by atomic mass is 16.5. The lowest BCUT2D eigenvalue weighted by atomic mass is 9.92. The van der Waals surface area contributed by atoms with Gasteiger partial charge < -0.3 is 24.2 Å². The van der Waals surface area contributed by atoms with Crippen LogP contribution in [0.1, 0.15) is 23.2 Å². The van der Waals surface area contributed by atoms with Gasteiger partial charge in [-0.15, -0.1) is 0 Å². The predicted molar refractivity (Wildman–Crippen MR) is 116 cm³/mol. The first-order valence-electron chi connectivity index (χ1n) is 10.3. The summed E-state index contributed by atoms with van der Waals surface area (Å²) in [6.07, 6.45) is 3.84. The molecule has 4 rings (SSSR count). The number of rotatable bonds is 5. The number of hydrogen-bond acceptors (Lipinski definition) is 7. The fourth-order valence-corrected chi connectivity index (χ4v) is 4.53. The molecule has 1 aromatic carbocycles. The zero-order valence-electron chi connectivity index (χ0n) is 18.0. The molecule has 0 radical (unpaired) electrons. The number of methoxy groups -OCH3 is 2. The highest BCUT2D eigenvalue weighted by molar-refractivity contribution is 5.98. The highest BCUT2D eigenvalue weighted by Gasteiger charge is 2.42. The third-order valence-electron chi connectivity index (χ3n) is 6.13. The molecule has 1 amide bonds. The molecule has 2 aliphatic rings. The molecule has 30 heavy (non-hydrogen) atoms. The number of nitrogens with zero attached hydrogens (tertiary/aromatic N) is 5. The smallest absolute Gasteiger partial charge is 0.258 e. The van der Waals surface area contributed by atoms with Crippen molar-refractivity contribution >= 4 is 17.7 Å². The molecule has 8 heteroatoms. The van der Waals surface area contributed by atoms with Crippen molar-refractivity contribution in [1.29, 1.82) is 0 Å². The molecular weight excluding hydrogens is 382 g/mol. The van der Waals surface area contributed by atoms with Crippen LogP contribution in [0.25, 0.3) is 0 Å². The Morgan fingerprint density at radius 1 is 1.13 bits per heavy atom. The van der Waals surface area contributed by atoms with E-state index in [1.54, 1.807) is 32.5 Å². The maximum Gasteiger partial charge on any atom is 0.258 e. The summed E-state index contributed by atoms with van der Waals surface area (Å²) in [6.45, 7) is 2.39. The molecule has 0 N–H and O–H groups in total. The van der Waals surface area contributed by atoms with Crippen molar-refractivity contribution in [2.75, 3.05) is 57.7 Å². The monoisotopic (exact) mass is 411 g/mol. The lowest BCUT2D eigenvalue weighted by Crippen LogP contribution is -2.50. The van der Waals surface area contributed by atoms with Crippen LogP contribution in [0.5, 0.6) is 11.5 Å². The van der Waals surface area contributed by atoms with Gasteiger partial charge in [0.1, 0.15) is 5.82 Å². The van der Waals surface area contributed by atoms with E-state index in [-0.39, 0.29) is 11.9 Å². The van der Waals surface area contributed by atoms with Crippen LogP contribution in [-0.4, -0.2) is 74.8 Å². The lowest BCUT2D eigenvalue weighted by molar-refractivity contribution is 0.0707. The number of hydrogen-bond donors (Lipinski definition) is 0. The van der Waals surface area contributed by atoms with Crippen molar-refractivity contribution in [3.63, 3.8) is 0 Å². The number of carbonyl (C=O) groups is 1. The SMILES string of the molecule is COc1cccc(C(=O)N2CCC3CCN(c4nccc(N(C)C)n4)CC32)c1OC. The fraction of sp³-hybridized carbons (Fsp3) is 0.500. The van der Waals surface area contributed by atoms with E-state index >= 15 is 0 Å². The summed E-state index contributed by atoms with van der Waals surface area (Å²) in [5, 5.41) is 0. The molecule has 0 aliphatic carbocycles. The molecule has 2 saturated heterocycles. The Labute approximate surface area is 177 Å². The van der Waals surface area contributed by atoms with Gasteiger partial charge in [-0.3, -0.25) is 4.79 Å². The van der Waals surface area contributed by atoms with E-state index in [4.69, 9.17) is 9.47 Å². The Morgan fingerprint density at radius 3 is 2.67 bits per heavy atom. The zero-order chi connectivity index (χ0) is 21.3. The fourth-order valence-electron chi connectivity index (χ4n) is 4.53. The predicted octanol–water partition coefficient (Wildman–Crippen LogP) is 2.30. The number of ether oxygens (including phenoxy) is 2. The third kappa shape index (κ3) is 3.62. The number of carbonyl (C=O) groups excluding carboxylic acids is 1. The first kappa shape index (κ1) is 20.3. The van der Waals surface area contributed by atoms with E-state index in [1.165, 1.54) is 0 Å². The summed E-state index contributed by atoms with van der Waals surface area (Å²) in [5.74, 6) is 3.14. The number of para-hydroxylation sites is 1. The lowest BCUT2D eigenvalue weighted by Gasteiger charge is -2.38. The van der Waals surface area contributed by atoms with Crippen LogP contribution in [0.2, 0.25) is 0 Å². The molecule has 160 valence electrons. The molecule has 2 unspecified atom stereocenters. The van der Waals surface area contributed by atoms with Gasteiger partial charge in [-0.1, -0.05) is 6.07 Å². The van der Waals surface area contributed by atoms with Crippen LogP contribution in [0.3, 0.4) is 0 Å². The minimum Gasteiger partial charge on any atom is -0.493 e. The normalized spacial score (nSPS) is 20.7. The van der Waals surface area contributed by atoms with Crippen LogP contribution in [0.4, 0.5) is 11.8 Å². The molecule has 8 nitrogen and oxygen atoms in total. The van der Waals surface area contributed by atoms with E-state index in [0.717, 1.165) is 44.2 Å². The number of fused-ring (bicyclic) bond motifs is 1. The van der Waals surface area contributed by atoms with Crippen molar-refractivity contribution in [2.45, 2.75) is 18.9 Å². The molecule has 2 fully saturated rings. The number of aromatic nitrogens is 2. The van der Waals surface area contributed by atoms with E-state index in [2.05, 4.69) is 14.9 Å². The average molecular weight is 412 g/mol. The zero-order valence-corrected chi connectivity index (χ0v) is 18.0. The van der Waals surface area contributed by atoms with Gasteiger partial charge >= 0.3 is 0 Å². The van der Waals surface area contributed by atoms with E-state index in [9.17, 15) is 4.79 Å². The average Bonchev–Trinajstić information content (AvgIpc) is 3.21. The third-order valence-corrected chi connectivity index (χ3v) is 6.13. The molecule has 3 heterocycles. The minimum absolute atomic E-state index is 0.0111. The Morgan fingerprint density at radius 2 is 1.93 bits per heavy atom. The summed E-state index contributed by atoms with van der Waals surface area (Å²) in [7, 11) is 7.09. The maximum atomic E-state index is 13.5. The maximum absolute atomic E-state index is 13.5. The molecule has 2 aliphatic heterocycles. The standard InChI is InChI=1S/C22H29N5O3/c1-25(2)19-8-11-23-22(24-19)26-12-9-15-10-13-27(17(15)14-26)21(28)16-6-5-7-18(29-3)20(16)30-4/h5-8,11,15,17H,9-10,12-14H2,1-4H3. The Bertz CT molecular complexity index is 919. The number of piperidine rings is 1. The van der Waals surface area contributed by atoms with Gasteiger partial charge in [-0.25, -0.2) is 4.98 Å². The minimum atomic E-state index is -0.0111. The summed E-state index contributed by atoms with van der Waals surface area (Å²) < 4.78 is 10.9. The second-order valence-electron chi connectivity index (χ2n) is 8.00. The molecule has 2 aromatic rings. The van der Waals surface area contributed by atoms with Crippen LogP contribution < -0.4 is 19.3 Å². The van der Waals surface area contributed by atoms with Gasteiger partial charge in [0.2, 0.25) is 5.95 Å². The number of likely N-dealkylation sites (tertiary alicyclic amines) is 1.